The van der Waals surface area contributed by atoms with E-state index in [2.05, 4.69) is 47.5 Å². The first-order valence-corrected chi connectivity index (χ1v) is 7.37. The number of aryl methyl sites for hydroxylation is 1. The summed E-state index contributed by atoms with van der Waals surface area (Å²) in [5.74, 6) is 0. The summed E-state index contributed by atoms with van der Waals surface area (Å²) in [7, 11) is 2.24. The van der Waals surface area contributed by atoms with E-state index in [0.717, 1.165) is 6.54 Å². The van der Waals surface area contributed by atoms with E-state index >= 15 is 0 Å². The Morgan fingerprint density at radius 3 is 2.73 bits per heavy atom. The summed E-state index contributed by atoms with van der Waals surface area (Å²) in [5, 5.41) is 2.90. The minimum atomic E-state index is -0.0798. The third-order valence-corrected chi connectivity index (χ3v) is 5.82. The first-order chi connectivity index (χ1) is 7.25. The molecule has 2 aromatic rings. The van der Waals surface area contributed by atoms with Gasteiger partial charge in [0.1, 0.15) is 0 Å². The van der Waals surface area contributed by atoms with Crippen LogP contribution >= 0.6 is 0 Å². The van der Waals surface area contributed by atoms with Crippen LogP contribution in [0.15, 0.2) is 30.3 Å². The van der Waals surface area contributed by atoms with Crippen molar-refractivity contribution in [2.75, 3.05) is 7.05 Å². The first-order valence-electron chi connectivity index (χ1n) is 5.16. The van der Waals surface area contributed by atoms with Crippen molar-refractivity contribution in [1.82, 2.24) is 3.15 Å². The molecule has 1 aliphatic rings. The zero-order valence-electron chi connectivity index (χ0n) is 8.95. The quantitative estimate of drug-likeness (QED) is 0.671. The van der Waals surface area contributed by atoms with E-state index in [4.69, 9.17) is 0 Å². The number of hydrogen-bond donors (Lipinski definition) is 0. The predicted molar refractivity (Wildman–Crippen MR) is 65.5 cm³/mol. The number of rotatable bonds is 0. The van der Waals surface area contributed by atoms with Crippen LogP contribution in [0.5, 0.6) is 0 Å². The average molecular weight is 311 g/mol. The van der Waals surface area contributed by atoms with Crippen LogP contribution in [-0.4, -0.2) is 31.4 Å². The van der Waals surface area contributed by atoms with Gasteiger partial charge in [0.05, 0.1) is 0 Å². The van der Waals surface area contributed by atoms with Gasteiger partial charge in [-0.25, -0.2) is 0 Å². The zero-order chi connectivity index (χ0) is 10.4. The van der Waals surface area contributed by atoms with Crippen LogP contribution in [0.4, 0.5) is 0 Å². The molecule has 0 aliphatic carbocycles. The number of nitrogens with zero attached hydrogens (tertiary/aromatic N) is 1. The van der Waals surface area contributed by atoms with Gasteiger partial charge in [-0.2, -0.15) is 0 Å². The van der Waals surface area contributed by atoms with Crippen molar-refractivity contribution in [1.29, 1.82) is 0 Å². The fourth-order valence-corrected chi connectivity index (χ4v) is 5.23. The molecule has 1 aliphatic heterocycles. The second kappa shape index (κ2) is 3.49. The Kier molecular flexibility index (Phi) is 2.25. The van der Waals surface area contributed by atoms with E-state index in [1.165, 1.54) is 16.3 Å². The van der Waals surface area contributed by atoms with Gasteiger partial charge >= 0.3 is 101 Å². The van der Waals surface area contributed by atoms with Crippen LogP contribution < -0.4 is 3.61 Å². The van der Waals surface area contributed by atoms with Crippen LogP contribution in [0.25, 0.3) is 10.8 Å². The van der Waals surface area contributed by atoms with Crippen molar-refractivity contribution in [3.8, 4) is 0 Å². The average Bonchev–Trinajstić information content (AvgIpc) is 2.59. The van der Waals surface area contributed by atoms with Gasteiger partial charge in [-0.05, 0) is 0 Å². The molecule has 0 aromatic heterocycles. The fourth-order valence-electron chi connectivity index (χ4n) is 2.25. The molecule has 15 heavy (non-hydrogen) atoms. The molecule has 2 heteroatoms. The maximum atomic E-state index is 2.50. The Bertz CT molecular complexity index is 533. The number of benzene rings is 2. The van der Waals surface area contributed by atoms with Crippen molar-refractivity contribution in [3.05, 3.63) is 41.5 Å². The Morgan fingerprint density at radius 2 is 1.93 bits per heavy atom. The summed E-state index contributed by atoms with van der Waals surface area (Å²) in [5.41, 5.74) is 3.02. The van der Waals surface area contributed by atoms with Crippen molar-refractivity contribution >= 4 is 35.6 Å². The van der Waals surface area contributed by atoms with E-state index in [0.29, 0.717) is 0 Å². The third-order valence-electron chi connectivity index (χ3n) is 2.96. The molecule has 0 N–H and O–H groups in total. The van der Waals surface area contributed by atoms with Gasteiger partial charge in [0.25, 0.3) is 0 Å². The summed E-state index contributed by atoms with van der Waals surface area (Å²) in [6.45, 7) is 3.38. The van der Waals surface area contributed by atoms with Gasteiger partial charge < -0.3 is 0 Å². The number of hydrogen-bond acceptors (Lipinski definition) is 1. The molecular weight excluding hydrogens is 298 g/mol. The molecule has 0 atom stereocenters. The number of fused-ring (bicyclic) bond motifs is 3. The first kappa shape index (κ1) is 9.66. The van der Waals surface area contributed by atoms with Crippen LogP contribution in [0.2, 0.25) is 0 Å². The SMILES string of the molecule is Cc1cc2c(c3ccccc13)CN(C)[Te]2. The third kappa shape index (κ3) is 1.49. The molecule has 0 fully saturated rings. The topological polar surface area (TPSA) is 3.24 Å². The molecule has 76 valence electrons. The molecule has 0 saturated carbocycles. The van der Waals surface area contributed by atoms with Gasteiger partial charge in [0.15, 0.2) is 0 Å². The van der Waals surface area contributed by atoms with Gasteiger partial charge in [-0.1, -0.05) is 0 Å². The molecule has 1 nitrogen and oxygen atoms in total. The van der Waals surface area contributed by atoms with E-state index < -0.39 is 0 Å². The van der Waals surface area contributed by atoms with Crippen LogP contribution in [-0.2, 0) is 6.54 Å². The van der Waals surface area contributed by atoms with Crippen molar-refractivity contribution in [2.45, 2.75) is 13.5 Å². The second-order valence-corrected chi connectivity index (χ2v) is 7.65. The zero-order valence-corrected chi connectivity index (χ0v) is 11.3. The molecule has 3 rings (SSSR count). The van der Waals surface area contributed by atoms with Gasteiger partial charge in [0, 0.05) is 0 Å². The van der Waals surface area contributed by atoms with Crippen molar-refractivity contribution in [2.24, 2.45) is 0 Å². The maximum absolute atomic E-state index is 2.50. The standard InChI is InChI=1S/C13H13NTe/c1-9-7-13-12(8-14(2)15-13)11-6-4-3-5-10(9)11/h3-7H,8H2,1-2H3. The normalized spacial score (nSPS) is 15.9. The van der Waals surface area contributed by atoms with Crippen LogP contribution in [0.3, 0.4) is 0 Å². The van der Waals surface area contributed by atoms with Gasteiger partial charge in [-0.3, -0.25) is 0 Å². The Labute approximate surface area is 101 Å². The summed E-state index contributed by atoms with van der Waals surface area (Å²) in [4.78, 5) is 0. The fraction of sp³-hybridized carbons (Fsp3) is 0.231. The molecule has 0 saturated heterocycles. The Balaban J connectivity index is 2.38. The Morgan fingerprint density at radius 1 is 1.20 bits per heavy atom. The second-order valence-electron chi connectivity index (χ2n) is 4.09. The molecule has 0 unspecified atom stereocenters. The van der Waals surface area contributed by atoms with Crippen LogP contribution in [0.1, 0.15) is 11.1 Å². The summed E-state index contributed by atoms with van der Waals surface area (Å²) in [6, 6.07) is 11.2. The van der Waals surface area contributed by atoms with Crippen LogP contribution in [0, 0.1) is 6.92 Å². The predicted octanol–water partition coefficient (Wildman–Crippen LogP) is 1.84. The molecule has 0 radical (unpaired) electrons. The van der Waals surface area contributed by atoms with E-state index in [9.17, 15) is 0 Å². The monoisotopic (exact) mass is 313 g/mol. The van der Waals surface area contributed by atoms with E-state index in [1.807, 2.05) is 0 Å². The summed E-state index contributed by atoms with van der Waals surface area (Å²) >= 11 is -0.0798. The summed E-state index contributed by atoms with van der Waals surface area (Å²) in [6.07, 6.45) is 0. The minimum absolute atomic E-state index is 0.0798. The van der Waals surface area contributed by atoms with Crippen molar-refractivity contribution < 1.29 is 0 Å². The van der Waals surface area contributed by atoms with Crippen molar-refractivity contribution in [3.63, 3.8) is 0 Å². The van der Waals surface area contributed by atoms with E-state index in [-0.39, 0.29) is 21.2 Å². The molecule has 2 aromatic carbocycles. The molecule has 0 bridgehead atoms. The molecule has 1 heterocycles. The summed E-state index contributed by atoms with van der Waals surface area (Å²) < 4.78 is 4.14. The Hall–Kier alpha value is -0.550. The van der Waals surface area contributed by atoms with E-state index in [1.54, 1.807) is 9.17 Å². The van der Waals surface area contributed by atoms with Gasteiger partial charge in [0.2, 0.25) is 0 Å². The molecule has 0 spiro atoms. The van der Waals surface area contributed by atoms with Gasteiger partial charge in [-0.15, -0.1) is 0 Å². The molecular formula is C13H13NTe. The molecule has 0 amide bonds.